The van der Waals surface area contributed by atoms with E-state index in [2.05, 4.69) is 10.2 Å². The SMILES string of the molecule is COc1cn[nH]c(=O)c1CN. The Kier molecular flexibility index (Phi) is 2.22. The summed E-state index contributed by atoms with van der Waals surface area (Å²) >= 11 is 0. The summed E-state index contributed by atoms with van der Waals surface area (Å²) in [6.07, 6.45) is 1.42. The van der Waals surface area contributed by atoms with Crippen molar-refractivity contribution >= 4 is 0 Å². The van der Waals surface area contributed by atoms with Crippen LogP contribution in [0.15, 0.2) is 11.0 Å². The highest BCUT2D eigenvalue weighted by Gasteiger charge is 2.04. The highest BCUT2D eigenvalue weighted by Crippen LogP contribution is 2.08. The van der Waals surface area contributed by atoms with Crippen LogP contribution in [0.4, 0.5) is 0 Å². The number of aromatic nitrogens is 2. The molecule has 11 heavy (non-hydrogen) atoms. The van der Waals surface area contributed by atoms with Crippen molar-refractivity contribution in [2.24, 2.45) is 5.73 Å². The van der Waals surface area contributed by atoms with E-state index >= 15 is 0 Å². The van der Waals surface area contributed by atoms with Crippen molar-refractivity contribution < 1.29 is 4.74 Å². The first-order valence-electron chi connectivity index (χ1n) is 3.10. The van der Waals surface area contributed by atoms with E-state index in [9.17, 15) is 4.79 Å². The summed E-state index contributed by atoms with van der Waals surface area (Å²) in [5.41, 5.74) is 5.42. The molecule has 1 aromatic heterocycles. The highest BCUT2D eigenvalue weighted by molar-refractivity contribution is 5.26. The maximum absolute atomic E-state index is 11.0. The van der Waals surface area contributed by atoms with Gasteiger partial charge in [-0.1, -0.05) is 0 Å². The Morgan fingerprint density at radius 1 is 1.82 bits per heavy atom. The molecule has 3 N–H and O–H groups in total. The summed E-state index contributed by atoms with van der Waals surface area (Å²) < 4.78 is 4.85. The standard InChI is InChI=1S/C6H9N3O2/c1-11-5-3-8-9-6(10)4(5)2-7/h3H,2,7H2,1H3,(H,9,10). The van der Waals surface area contributed by atoms with Crippen molar-refractivity contribution in [1.29, 1.82) is 0 Å². The van der Waals surface area contributed by atoms with Crippen LogP contribution >= 0.6 is 0 Å². The average molecular weight is 155 g/mol. The zero-order valence-electron chi connectivity index (χ0n) is 6.13. The molecule has 5 heteroatoms. The van der Waals surface area contributed by atoms with Crippen molar-refractivity contribution in [2.45, 2.75) is 6.54 Å². The molecule has 0 aliphatic rings. The molecule has 0 atom stereocenters. The normalized spacial score (nSPS) is 9.64. The lowest BCUT2D eigenvalue weighted by Crippen LogP contribution is -2.18. The lowest BCUT2D eigenvalue weighted by Gasteiger charge is -2.01. The maximum Gasteiger partial charge on any atom is 0.272 e. The number of hydrogen-bond acceptors (Lipinski definition) is 4. The summed E-state index contributed by atoms with van der Waals surface area (Å²) in [5.74, 6) is 0.427. The third-order valence-corrected chi connectivity index (χ3v) is 1.34. The summed E-state index contributed by atoms with van der Waals surface area (Å²) in [4.78, 5) is 11.0. The fraction of sp³-hybridized carbons (Fsp3) is 0.333. The summed E-state index contributed by atoms with van der Waals surface area (Å²) in [6, 6.07) is 0. The van der Waals surface area contributed by atoms with Crippen LogP contribution in [0.1, 0.15) is 5.56 Å². The second-order valence-corrected chi connectivity index (χ2v) is 1.95. The summed E-state index contributed by atoms with van der Waals surface area (Å²) in [6.45, 7) is 0.154. The second kappa shape index (κ2) is 3.16. The molecule has 0 saturated heterocycles. The quantitative estimate of drug-likeness (QED) is 0.588. The van der Waals surface area contributed by atoms with Gasteiger partial charge in [-0.05, 0) is 0 Å². The van der Waals surface area contributed by atoms with E-state index in [4.69, 9.17) is 10.5 Å². The number of aromatic amines is 1. The first-order chi connectivity index (χ1) is 5.29. The van der Waals surface area contributed by atoms with Crippen LogP contribution in [0.5, 0.6) is 5.75 Å². The number of rotatable bonds is 2. The zero-order chi connectivity index (χ0) is 8.27. The Morgan fingerprint density at radius 3 is 3.00 bits per heavy atom. The van der Waals surface area contributed by atoms with Crippen LogP contribution in [0.25, 0.3) is 0 Å². The molecule has 0 saturated carbocycles. The van der Waals surface area contributed by atoms with E-state index < -0.39 is 0 Å². The van der Waals surface area contributed by atoms with Gasteiger partial charge in [-0.2, -0.15) is 5.10 Å². The molecule has 0 aromatic carbocycles. The monoisotopic (exact) mass is 155 g/mol. The van der Waals surface area contributed by atoms with Crippen molar-refractivity contribution in [3.05, 3.63) is 22.1 Å². The molecule has 0 amide bonds. The number of ether oxygens (including phenoxy) is 1. The number of hydrogen-bond donors (Lipinski definition) is 2. The molecular formula is C6H9N3O2. The molecule has 1 aromatic rings. The minimum Gasteiger partial charge on any atom is -0.495 e. The van der Waals surface area contributed by atoms with Gasteiger partial charge in [0.2, 0.25) is 0 Å². The Hall–Kier alpha value is -1.36. The van der Waals surface area contributed by atoms with Gasteiger partial charge in [0.05, 0.1) is 18.9 Å². The third kappa shape index (κ3) is 1.38. The minimum atomic E-state index is -0.299. The Balaban J connectivity index is 3.24. The molecule has 1 rings (SSSR count). The predicted octanol–water partition coefficient (Wildman–Crippen LogP) is -0.763. The first kappa shape index (κ1) is 7.74. The topological polar surface area (TPSA) is 81.0 Å². The molecule has 0 spiro atoms. The van der Waals surface area contributed by atoms with Crippen LogP contribution in [-0.2, 0) is 6.54 Å². The molecule has 0 bridgehead atoms. The van der Waals surface area contributed by atoms with Crippen molar-refractivity contribution in [3.63, 3.8) is 0 Å². The maximum atomic E-state index is 11.0. The molecule has 0 aliphatic heterocycles. The molecule has 1 heterocycles. The van der Waals surface area contributed by atoms with Crippen LogP contribution in [0.2, 0.25) is 0 Å². The van der Waals surface area contributed by atoms with Crippen molar-refractivity contribution in [1.82, 2.24) is 10.2 Å². The van der Waals surface area contributed by atoms with Crippen LogP contribution in [0.3, 0.4) is 0 Å². The van der Waals surface area contributed by atoms with Crippen molar-refractivity contribution in [3.8, 4) is 5.75 Å². The summed E-state index contributed by atoms with van der Waals surface area (Å²) in [7, 11) is 1.47. The van der Waals surface area contributed by atoms with Crippen LogP contribution in [-0.4, -0.2) is 17.3 Å². The van der Waals surface area contributed by atoms with E-state index in [0.29, 0.717) is 11.3 Å². The van der Waals surface area contributed by atoms with Gasteiger partial charge in [-0.15, -0.1) is 0 Å². The Bertz CT molecular complexity index is 294. The van der Waals surface area contributed by atoms with Crippen LogP contribution < -0.4 is 16.0 Å². The summed E-state index contributed by atoms with van der Waals surface area (Å²) in [5, 5.41) is 5.81. The smallest absolute Gasteiger partial charge is 0.272 e. The fourth-order valence-electron chi connectivity index (χ4n) is 0.776. The minimum absolute atomic E-state index is 0.154. The predicted molar refractivity (Wildman–Crippen MR) is 39.3 cm³/mol. The third-order valence-electron chi connectivity index (χ3n) is 1.34. The first-order valence-corrected chi connectivity index (χ1v) is 3.10. The second-order valence-electron chi connectivity index (χ2n) is 1.95. The number of H-pyrrole nitrogens is 1. The Labute approximate surface area is 63.2 Å². The largest absolute Gasteiger partial charge is 0.495 e. The van der Waals surface area contributed by atoms with Gasteiger partial charge in [0.1, 0.15) is 5.75 Å². The van der Waals surface area contributed by atoms with E-state index in [1.165, 1.54) is 13.3 Å². The molecule has 0 aliphatic carbocycles. The molecule has 5 nitrogen and oxygen atoms in total. The number of nitrogens with two attached hydrogens (primary N) is 1. The van der Waals surface area contributed by atoms with Gasteiger partial charge in [-0.25, -0.2) is 5.10 Å². The lowest BCUT2D eigenvalue weighted by molar-refractivity contribution is 0.405. The van der Waals surface area contributed by atoms with E-state index in [1.807, 2.05) is 0 Å². The van der Waals surface area contributed by atoms with Gasteiger partial charge in [0, 0.05) is 6.54 Å². The lowest BCUT2D eigenvalue weighted by atomic mass is 10.3. The van der Waals surface area contributed by atoms with Gasteiger partial charge >= 0.3 is 0 Å². The highest BCUT2D eigenvalue weighted by atomic mass is 16.5. The van der Waals surface area contributed by atoms with Crippen LogP contribution in [0, 0.1) is 0 Å². The number of nitrogens with zero attached hydrogens (tertiary/aromatic N) is 1. The Morgan fingerprint density at radius 2 is 2.55 bits per heavy atom. The van der Waals surface area contributed by atoms with Gasteiger partial charge in [0.15, 0.2) is 0 Å². The van der Waals surface area contributed by atoms with E-state index in [1.54, 1.807) is 0 Å². The molecule has 0 fully saturated rings. The van der Waals surface area contributed by atoms with Gasteiger partial charge in [0.25, 0.3) is 5.56 Å². The molecule has 60 valence electrons. The zero-order valence-corrected chi connectivity index (χ0v) is 6.13. The van der Waals surface area contributed by atoms with E-state index in [-0.39, 0.29) is 12.1 Å². The molecular weight excluding hydrogens is 146 g/mol. The number of methoxy groups -OCH3 is 1. The molecule has 0 radical (unpaired) electrons. The van der Waals surface area contributed by atoms with Crippen molar-refractivity contribution in [2.75, 3.05) is 7.11 Å². The number of nitrogens with one attached hydrogen (secondary N) is 1. The van der Waals surface area contributed by atoms with Gasteiger partial charge in [-0.3, -0.25) is 4.79 Å². The van der Waals surface area contributed by atoms with E-state index in [0.717, 1.165) is 0 Å². The molecule has 0 unspecified atom stereocenters. The average Bonchev–Trinajstić information content (AvgIpc) is 2.04. The fourth-order valence-corrected chi connectivity index (χ4v) is 0.776. The van der Waals surface area contributed by atoms with Gasteiger partial charge < -0.3 is 10.5 Å².